The molecule has 0 aliphatic carbocycles. The Labute approximate surface area is 276 Å². The van der Waals surface area contributed by atoms with E-state index in [0.29, 0.717) is 5.89 Å². The summed E-state index contributed by atoms with van der Waals surface area (Å²) in [6, 6.07) is 57.5. The molecule has 0 atom stereocenters. The van der Waals surface area contributed by atoms with Crippen LogP contribution in [-0.2, 0) is 0 Å². The second-order valence-corrected chi connectivity index (χ2v) is 12.2. The van der Waals surface area contributed by atoms with Gasteiger partial charge >= 0.3 is 0 Å². The van der Waals surface area contributed by atoms with Crippen molar-refractivity contribution in [2.45, 2.75) is 0 Å². The topological polar surface area (TPSA) is 43.9 Å². The van der Waals surface area contributed by atoms with Gasteiger partial charge in [-0.1, -0.05) is 103 Å². The number of nitrogens with zero attached hydrogens (tertiary/aromatic N) is 3. The highest BCUT2D eigenvalue weighted by atomic mass is 16.3. The zero-order chi connectivity index (χ0) is 31.6. The molecule has 3 heterocycles. The van der Waals surface area contributed by atoms with Gasteiger partial charge in [0.25, 0.3) is 0 Å². The molecule has 4 nitrogen and oxygen atoms in total. The van der Waals surface area contributed by atoms with E-state index in [1.807, 2.05) is 24.3 Å². The van der Waals surface area contributed by atoms with E-state index in [2.05, 4.69) is 149 Å². The molecule has 0 radical (unpaired) electrons. The molecule has 0 N–H and O–H groups in total. The normalized spacial score (nSPS) is 11.8. The average Bonchev–Trinajstić information content (AvgIpc) is 3.74. The number of hydrogen-bond donors (Lipinski definition) is 0. The van der Waals surface area contributed by atoms with Crippen molar-refractivity contribution in [2.24, 2.45) is 0 Å². The van der Waals surface area contributed by atoms with E-state index in [0.717, 1.165) is 61.0 Å². The number of oxazole rings is 1. The Morgan fingerprint density at radius 1 is 0.396 bits per heavy atom. The van der Waals surface area contributed by atoms with Gasteiger partial charge in [0.05, 0.1) is 22.2 Å². The van der Waals surface area contributed by atoms with Gasteiger partial charge in [-0.2, -0.15) is 0 Å². The van der Waals surface area contributed by atoms with Gasteiger partial charge in [0.15, 0.2) is 5.58 Å². The fraction of sp³-hybridized carbons (Fsp3) is 0. The first-order chi connectivity index (χ1) is 23.8. The maximum absolute atomic E-state index is 5.99. The van der Waals surface area contributed by atoms with Crippen molar-refractivity contribution in [2.75, 3.05) is 0 Å². The standard InChI is InChI=1S/C44H27N3O/c1-2-10-32(11-3-1)47-40-16-8-5-13-34(40)36-26-35-33-12-4-6-14-38(33)45-43(37(35)27-41(36)47)30-22-18-28(19-23-30)29-20-24-31(25-21-29)44-46-39-15-7-9-17-42(39)48-44/h1-27H. The minimum atomic E-state index is 0.632. The molecular weight excluding hydrogens is 587 g/mol. The van der Waals surface area contributed by atoms with Crippen LogP contribution in [0.4, 0.5) is 0 Å². The third kappa shape index (κ3) is 4.16. The van der Waals surface area contributed by atoms with E-state index in [4.69, 9.17) is 9.40 Å². The summed E-state index contributed by atoms with van der Waals surface area (Å²) in [6.45, 7) is 0. The molecule has 0 spiro atoms. The van der Waals surface area contributed by atoms with Gasteiger partial charge in [0.2, 0.25) is 5.89 Å². The van der Waals surface area contributed by atoms with Crippen LogP contribution in [0.2, 0.25) is 0 Å². The Hall–Kier alpha value is -6.52. The molecule has 10 aromatic rings. The highest BCUT2D eigenvalue weighted by Crippen LogP contribution is 2.40. The lowest BCUT2D eigenvalue weighted by molar-refractivity contribution is 0.620. The molecule has 0 aliphatic heterocycles. The Morgan fingerprint density at radius 3 is 1.79 bits per heavy atom. The predicted octanol–water partition coefficient (Wildman–Crippen LogP) is 11.6. The summed E-state index contributed by atoms with van der Waals surface area (Å²) in [7, 11) is 0. The quantitative estimate of drug-likeness (QED) is 0.186. The Balaban J connectivity index is 1.11. The van der Waals surface area contributed by atoms with Gasteiger partial charge < -0.3 is 8.98 Å². The molecule has 4 heteroatoms. The van der Waals surface area contributed by atoms with Crippen LogP contribution >= 0.6 is 0 Å². The fourth-order valence-corrected chi connectivity index (χ4v) is 7.11. The minimum Gasteiger partial charge on any atom is -0.436 e. The average molecular weight is 614 g/mol. The van der Waals surface area contributed by atoms with Gasteiger partial charge in [-0.3, -0.25) is 0 Å². The highest BCUT2D eigenvalue weighted by molar-refractivity contribution is 6.20. The van der Waals surface area contributed by atoms with Crippen molar-refractivity contribution in [1.82, 2.24) is 14.5 Å². The highest BCUT2D eigenvalue weighted by Gasteiger charge is 2.17. The molecule has 3 aromatic heterocycles. The Morgan fingerprint density at radius 2 is 1.02 bits per heavy atom. The summed E-state index contributed by atoms with van der Waals surface area (Å²) in [5, 5.41) is 5.98. The number of pyridine rings is 1. The first kappa shape index (κ1) is 26.7. The molecule has 224 valence electrons. The lowest BCUT2D eigenvalue weighted by atomic mass is 9.96. The minimum absolute atomic E-state index is 0.632. The smallest absolute Gasteiger partial charge is 0.227 e. The fourth-order valence-electron chi connectivity index (χ4n) is 7.11. The summed E-state index contributed by atoms with van der Waals surface area (Å²) in [5.74, 6) is 0.632. The van der Waals surface area contributed by atoms with E-state index >= 15 is 0 Å². The summed E-state index contributed by atoms with van der Waals surface area (Å²) in [4.78, 5) is 9.93. The third-order valence-electron chi connectivity index (χ3n) is 9.43. The largest absolute Gasteiger partial charge is 0.436 e. The summed E-state index contributed by atoms with van der Waals surface area (Å²) >= 11 is 0. The van der Waals surface area contributed by atoms with Crippen molar-refractivity contribution < 1.29 is 4.42 Å². The van der Waals surface area contributed by atoms with Crippen molar-refractivity contribution >= 4 is 54.6 Å². The van der Waals surface area contributed by atoms with E-state index in [9.17, 15) is 0 Å². The van der Waals surface area contributed by atoms with E-state index in [1.54, 1.807) is 0 Å². The molecule has 48 heavy (non-hydrogen) atoms. The van der Waals surface area contributed by atoms with Gasteiger partial charge in [0.1, 0.15) is 5.52 Å². The second-order valence-electron chi connectivity index (χ2n) is 12.2. The number of hydrogen-bond acceptors (Lipinski definition) is 3. The SMILES string of the molecule is c1ccc(-n2c3ccccc3c3cc4c(cc32)c(-c2ccc(-c3ccc(-c5nc6ccccc6o5)cc3)cc2)nc2ccccc24)cc1. The number of aromatic nitrogens is 3. The van der Waals surface area contributed by atoms with Crippen molar-refractivity contribution in [3.05, 3.63) is 164 Å². The molecule has 0 aliphatic rings. The van der Waals surface area contributed by atoms with Crippen molar-refractivity contribution in [3.8, 4) is 39.5 Å². The maximum atomic E-state index is 5.99. The number of fused-ring (bicyclic) bond motifs is 7. The van der Waals surface area contributed by atoms with Crippen molar-refractivity contribution in [3.63, 3.8) is 0 Å². The van der Waals surface area contributed by atoms with Gasteiger partial charge in [0, 0.05) is 38.4 Å². The molecule has 0 saturated carbocycles. The van der Waals surface area contributed by atoms with Gasteiger partial charge in [-0.15, -0.1) is 0 Å². The number of rotatable bonds is 4. The van der Waals surface area contributed by atoms with Crippen LogP contribution in [0.25, 0.3) is 94.1 Å². The monoisotopic (exact) mass is 613 g/mol. The van der Waals surface area contributed by atoms with Crippen LogP contribution in [0.15, 0.2) is 168 Å². The molecule has 10 rings (SSSR count). The van der Waals surface area contributed by atoms with Crippen molar-refractivity contribution in [1.29, 1.82) is 0 Å². The summed E-state index contributed by atoms with van der Waals surface area (Å²) in [6.07, 6.45) is 0. The first-order valence-corrected chi connectivity index (χ1v) is 16.2. The molecule has 0 saturated heterocycles. The predicted molar refractivity (Wildman–Crippen MR) is 197 cm³/mol. The second kappa shape index (κ2) is 10.5. The number of benzene rings is 7. The van der Waals surface area contributed by atoms with E-state index in [1.165, 1.54) is 27.2 Å². The molecule has 0 unspecified atom stereocenters. The van der Waals surface area contributed by atoms with Crippen LogP contribution in [0.1, 0.15) is 0 Å². The van der Waals surface area contributed by atoms with Crippen LogP contribution in [0, 0.1) is 0 Å². The lowest BCUT2D eigenvalue weighted by Crippen LogP contribution is -1.94. The van der Waals surface area contributed by atoms with Crippen LogP contribution < -0.4 is 0 Å². The number of para-hydroxylation sites is 5. The van der Waals surface area contributed by atoms with Crippen LogP contribution in [0.3, 0.4) is 0 Å². The van der Waals surface area contributed by atoms with Crippen LogP contribution in [0.5, 0.6) is 0 Å². The summed E-state index contributed by atoms with van der Waals surface area (Å²) < 4.78 is 8.36. The molecule has 0 bridgehead atoms. The third-order valence-corrected chi connectivity index (χ3v) is 9.43. The molecule has 0 amide bonds. The lowest BCUT2D eigenvalue weighted by Gasteiger charge is -2.13. The Bertz CT molecular complexity index is 2780. The first-order valence-electron chi connectivity index (χ1n) is 16.2. The summed E-state index contributed by atoms with van der Waals surface area (Å²) in [5.41, 5.74) is 11.4. The Kier molecular flexibility index (Phi) is 5.84. The maximum Gasteiger partial charge on any atom is 0.227 e. The van der Waals surface area contributed by atoms with E-state index < -0.39 is 0 Å². The molecular formula is C44H27N3O. The van der Waals surface area contributed by atoms with Gasteiger partial charge in [-0.05, 0) is 77.2 Å². The van der Waals surface area contributed by atoms with E-state index in [-0.39, 0.29) is 0 Å². The zero-order valence-electron chi connectivity index (χ0n) is 25.8. The van der Waals surface area contributed by atoms with Crippen LogP contribution in [-0.4, -0.2) is 14.5 Å². The molecule has 7 aromatic carbocycles. The zero-order valence-corrected chi connectivity index (χ0v) is 25.8. The molecule has 0 fully saturated rings. The van der Waals surface area contributed by atoms with Gasteiger partial charge in [-0.25, -0.2) is 9.97 Å².